The monoisotopic (exact) mass is 240 g/mol. The minimum atomic E-state index is -0.381. The quantitative estimate of drug-likeness (QED) is 0.752. The van der Waals surface area contributed by atoms with E-state index in [1.807, 2.05) is 30.3 Å². The van der Waals surface area contributed by atoms with Crippen molar-refractivity contribution in [1.29, 1.82) is 0 Å². The van der Waals surface area contributed by atoms with Crippen LogP contribution in [0.2, 0.25) is 0 Å². The van der Waals surface area contributed by atoms with E-state index in [1.165, 1.54) is 0 Å². The van der Waals surface area contributed by atoms with Crippen molar-refractivity contribution in [2.45, 2.75) is 0 Å². The minimum Gasteiger partial charge on any atom is -0.305 e. The first-order valence-electron chi connectivity index (χ1n) is 4.19. The minimum absolute atomic E-state index is 0.0530. The summed E-state index contributed by atoms with van der Waals surface area (Å²) in [7, 11) is 0. The average Bonchev–Trinajstić information content (AvgIpc) is 2.62. The van der Waals surface area contributed by atoms with E-state index in [4.69, 9.17) is 23.2 Å². The maximum absolute atomic E-state index is 11.3. The van der Waals surface area contributed by atoms with Crippen LogP contribution in [-0.4, -0.2) is 11.7 Å². The summed E-state index contributed by atoms with van der Waals surface area (Å²) >= 11 is 11.0. The van der Waals surface area contributed by atoms with Crippen molar-refractivity contribution >= 4 is 34.9 Å². The zero-order chi connectivity index (χ0) is 10.8. The number of amides is 1. The van der Waals surface area contributed by atoms with Gasteiger partial charge in [0.05, 0.1) is 0 Å². The van der Waals surface area contributed by atoms with Crippen LogP contribution in [-0.2, 0) is 4.79 Å². The number of halogens is 2. The molecule has 1 aliphatic heterocycles. The summed E-state index contributed by atoms with van der Waals surface area (Å²) in [5, 5.41) is 2.59. The molecule has 1 aromatic rings. The van der Waals surface area contributed by atoms with Crippen molar-refractivity contribution < 1.29 is 4.79 Å². The van der Waals surface area contributed by atoms with Gasteiger partial charge in [0.2, 0.25) is 0 Å². The Hall–Kier alpha value is -1.32. The highest BCUT2D eigenvalue weighted by Crippen LogP contribution is 2.20. The smallest absolute Gasteiger partial charge is 0.278 e. The topological polar surface area (TPSA) is 41.5 Å². The molecular weight excluding hydrogens is 235 g/mol. The van der Waals surface area contributed by atoms with Crippen molar-refractivity contribution in [3.63, 3.8) is 0 Å². The number of aliphatic imine (C=N–C) groups is 1. The van der Waals surface area contributed by atoms with Gasteiger partial charge in [-0.3, -0.25) is 4.79 Å². The predicted octanol–water partition coefficient (Wildman–Crippen LogP) is 2.21. The van der Waals surface area contributed by atoms with Gasteiger partial charge in [-0.25, -0.2) is 4.99 Å². The van der Waals surface area contributed by atoms with E-state index in [2.05, 4.69) is 10.3 Å². The van der Waals surface area contributed by atoms with Crippen LogP contribution in [0.4, 0.5) is 0 Å². The summed E-state index contributed by atoms with van der Waals surface area (Å²) in [6.45, 7) is 0. The van der Waals surface area contributed by atoms with Crippen molar-refractivity contribution in [3.8, 4) is 0 Å². The summed E-state index contributed by atoms with van der Waals surface area (Å²) in [5.41, 5.74) is 0.868. The van der Waals surface area contributed by atoms with E-state index >= 15 is 0 Å². The molecule has 1 aromatic carbocycles. The van der Waals surface area contributed by atoms with E-state index in [-0.39, 0.29) is 16.1 Å². The van der Waals surface area contributed by atoms with Gasteiger partial charge in [0.25, 0.3) is 5.91 Å². The van der Waals surface area contributed by atoms with Crippen molar-refractivity contribution in [3.05, 3.63) is 46.1 Å². The lowest BCUT2D eigenvalue weighted by Crippen LogP contribution is -2.24. The van der Waals surface area contributed by atoms with Gasteiger partial charge >= 0.3 is 0 Å². The zero-order valence-corrected chi connectivity index (χ0v) is 9.01. The zero-order valence-electron chi connectivity index (χ0n) is 7.50. The van der Waals surface area contributed by atoms with E-state index < -0.39 is 0 Å². The van der Waals surface area contributed by atoms with Crippen LogP contribution in [0, 0.1) is 0 Å². The molecule has 76 valence electrons. The molecular formula is C10H6Cl2N2O. The molecule has 0 bridgehead atoms. The van der Waals surface area contributed by atoms with Crippen LogP contribution >= 0.6 is 23.2 Å². The third-order valence-electron chi connectivity index (χ3n) is 1.90. The summed E-state index contributed by atoms with van der Waals surface area (Å²) in [5.74, 6) is 0.0863. The Labute approximate surface area is 96.4 Å². The molecule has 1 heterocycles. The third kappa shape index (κ3) is 2.03. The molecule has 15 heavy (non-hydrogen) atoms. The van der Waals surface area contributed by atoms with Gasteiger partial charge in [-0.1, -0.05) is 53.5 Å². The fourth-order valence-electron chi connectivity index (χ4n) is 1.22. The summed E-state index contributed by atoms with van der Waals surface area (Å²) < 4.78 is -0.126. The van der Waals surface area contributed by atoms with Crippen LogP contribution in [0.25, 0.3) is 0 Å². The van der Waals surface area contributed by atoms with Gasteiger partial charge in [-0.05, 0) is 0 Å². The normalized spacial score (nSPS) is 14.9. The van der Waals surface area contributed by atoms with E-state index in [0.717, 1.165) is 5.56 Å². The molecule has 0 radical (unpaired) electrons. The van der Waals surface area contributed by atoms with Crippen molar-refractivity contribution in [2.24, 2.45) is 4.99 Å². The van der Waals surface area contributed by atoms with Gasteiger partial charge < -0.3 is 5.32 Å². The highest BCUT2D eigenvalue weighted by Gasteiger charge is 2.23. The molecule has 0 saturated carbocycles. The van der Waals surface area contributed by atoms with Crippen molar-refractivity contribution in [2.75, 3.05) is 0 Å². The first kappa shape index (κ1) is 10.2. The fraction of sp³-hybridized carbons (Fsp3) is 0. The molecule has 0 aromatic heterocycles. The van der Waals surface area contributed by atoms with Crippen LogP contribution < -0.4 is 5.32 Å². The lowest BCUT2D eigenvalue weighted by Gasteiger charge is -1.98. The summed E-state index contributed by atoms with van der Waals surface area (Å²) in [4.78, 5) is 15.4. The van der Waals surface area contributed by atoms with E-state index in [1.54, 1.807) is 0 Å². The standard InChI is InChI=1S/C10H6Cl2N2O/c11-8(12)7-10(15)14-9(13-7)6-4-2-1-3-5-6/h1-5H,(H,13,14,15). The Kier molecular flexibility index (Phi) is 2.75. The molecule has 0 saturated heterocycles. The second-order valence-electron chi connectivity index (χ2n) is 2.89. The molecule has 3 nitrogen and oxygen atoms in total. The number of hydrogen-bond donors (Lipinski definition) is 1. The van der Waals surface area contributed by atoms with Gasteiger partial charge in [-0.15, -0.1) is 0 Å². The molecule has 1 amide bonds. The maximum atomic E-state index is 11.3. The largest absolute Gasteiger partial charge is 0.305 e. The van der Waals surface area contributed by atoms with Crippen molar-refractivity contribution in [1.82, 2.24) is 5.32 Å². The van der Waals surface area contributed by atoms with Gasteiger partial charge in [0.1, 0.15) is 10.3 Å². The van der Waals surface area contributed by atoms with Gasteiger partial charge in [0, 0.05) is 5.56 Å². The molecule has 0 aliphatic carbocycles. The predicted molar refractivity (Wildman–Crippen MR) is 59.9 cm³/mol. The maximum Gasteiger partial charge on any atom is 0.278 e. The van der Waals surface area contributed by atoms with Crippen LogP contribution in [0.1, 0.15) is 5.56 Å². The Balaban J connectivity index is 2.40. The Morgan fingerprint density at radius 2 is 1.87 bits per heavy atom. The summed E-state index contributed by atoms with van der Waals surface area (Å²) in [6, 6.07) is 9.27. The SMILES string of the molecule is O=C1NC(c2ccccc2)=NC1=C(Cl)Cl. The number of rotatable bonds is 1. The lowest BCUT2D eigenvalue weighted by atomic mass is 10.2. The van der Waals surface area contributed by atoms with Crippen LogP contribution in [0.15, 0.2) is 45.5 Å². The molecule has 5 heteroatoms. The molecule has 1 aliphatic rings. The number of benzene rings is 1. The molecule has 0 spiro atoms. The first-order valence-corrected chi connectivity index (χ1v) is 4.95. The number of nitrogens with zero attached hydrogens (tertiary/aromatic N) is 1. The second kappa shape index (κ2) is 4.04. The Bertz CT molecular complexity index is 462. The molecule has 0 fully saturated rings. The van der Waals surface area contributed by atoms with Gasteiger partial charge in [-0.2, -0.15) is 0 Å². The number of hydrogen-bond acceptors (Lipinski definition) is 2. The molecule has 2 rings (SSSR count). The van der Waals surface area contributed by atoms with Crippen LogP contribution in [0.5, 0.6) is 0 Å². The number of nitrogens with one attached hydrogen (secondary N) is 1. The second-order valence-corrected chi connectivity index (χ2v) is 3.84. The lowest BCUT2D eigenvalue weighted by molar-refractivity contribution is -0.115. The fourth-order valence-corrected chi connectivity index (χ4v) is 1.47. The van der Waals surface area contributed by atoms with E-state index in [0.29, 0.717) is 5.84 Å². The van der Waals surface area contributed by atoms with Gasteiger partial charge in [0.15, 0.2) is 5.70 Å². The number of carbonyl (C=O) groups is 1. The Morgan fingerprint density at radius 3 is 2.40 bits per heavy atom. The molecule has 0 atom stereocenters. The molecule has 1 N–H and O–H groups in total. The highest BCUT2D eigenvalue weighted by atomic mass is 35.5. The summed E-state index contributed by atoms with van der Waals surface area (Å²) in [6.07, 6.45) is 0. The Morgan fingerprint density at radius 1 is 1.20 bits per heavy atom. The third-order valence-corrected chi connectivity index (χ3v) is 2.25. The first-order chi connectivity index (χ1) is 7.18. The van der Waals surface area contributed by atoms with Crippen LogP contribution in [0.3, 0.4) is 0 Å². The average molecular weight is 241 g/mol. The highest BCUT2D eigenvalue weighted by molar-refractivity contribution is 6.57. The van der Waals surface area contributed by atoms with E-state index in [9.17, 15) is 4.79 Å². The number of carbonyl (C=O) groups excluding carboxylic acids is 1. The number of amidine groups is 1. The molecule has 0 unspecified atom stereocenters.